The van der Waals surface area contributed by atoms with E-state index in [-0.39, 0.29) is 5.97 Å². The third-order valence-corrected chi connectivity index (χ3v) is 1.43. The van der Waals surface area contributed by atoms with Gasteiger partial charge in [-0.2, -0.15) is 0 Å². The van der Waals surface area contributed by atoms with E-state index in [1.165, 1.54) is 0 Å². The average molecular weight is 189 g/mol. The van der Waals surface area contributed by atoms with Crippen molar-refractivity contribution in [1.29, 1.82) is 0 Å². The van der Waals surface area contributed by atoms with E-state index in [4.69, 9.17) is 11.5 Å². The van der Waals surface area contributed by atoms with Gasteiger partial charge in [-0.05, 0) is 6.42 Å². The highest BCUT2D eigenvalue weighted by atomic mass is 16.5. The Labute approximate surface area is 78.8 Å². The van der Waals surface area contributed by atoms with Crippen LogP contribution in [-0.4, -0.2) is 38.8 Å². The third-order valence-electron chi connectivity index (χ3n) is 1.43. The lowest BCUT2D eigenvalue weighted by Gasteiger charge is -1.95. The highest BCUT2D eigenvalue weighted by Crippen LogP contribution is 2.01. The molecule has 0 bridgehead atoms. The second-order valence-corrected chi connectivity index (χ2v) is 2.65. The molecule has 0 radical (unpaired) electrons. The molecule has 78 valence electrons. The molecule has 13 heavy (non-hydrogen) atoms. The van der Waals surface area contributed by atoms with Crippen molar-refractivity contribution >= 4 is 5.97 Å². The zero-order chi connectivity index (χ0) is 9.94. The van der Waals surface area contributed by atoms with E-state index >= 15 is 0 Å². The van der Waals surface area contributed by atoms with Crippen LogP contribution in [0.15, 0.2) is 0 Å². The molecule has 0 aliphatic carbocycles. The molecule has 1 saturated heterocycles. The summed E-state index contributed by atoms with van der Waals surface area (Å²) in [6.07, 6.45) is 1.54. The first kappa shape index (κ1) is 12.3. The van der Waals surface area contributed by atoms with E-state index in [1.807, 2.05) is 0 Å². The van der Waals surface area contributed by atoms with E-state index in [0.717, 1.165) is 19.5 Å². The van der Waals surface area contributed by atoms with Crippen molar-refractivity contribution in [3.63, 3.8) is 0 Å². The first-order valence-electron chi connectivity index (χ1n) is 4.57. The van der Waals surface area contributed by atoms with Gasteiger partial charge in [0.05, 0.1) is 6.61 Å². The van der Waals surface area contributed by atoms with Gasteiger partial charge in [-0.25, -0.2) is 0 Å². The molecule has 5 N–H and O–H groups in total. The summed E-state index contributed by atoms with van der Waals surface area (Å²) in [7, 11) is 0. The van der Waals surface area contributed by atoms with Gasteiger partial charge in [-0.3, -0.25) is 4.79 Å². The summed E-state index contributed by atoms with van der Waals surface area (Å²) < 4.78 is 4.51. The maximum Gasteiger partial charge on any atom is 0.305 e. The Hall–Kier alpha value is -0.650. The molecule has 5 nitrogen and oxygen atoms in total. The van der Waals surface area contributed by atoms with Crippen LogP contribution in [0.2, 0.25) is 0 Å². The molecule has 0 atom stereocenters. The predicted octanol–water partition coefficient (Wildman–Crippen LogP) is -1.18. The molecule has 0 aromatic heterocycles. The topological polar surface area (TPSA) is 90.4 Å². The van der Waals surface area contributed by atoms with Gasteiger partial charge in [0, 0.05) is 32.6 Å². The number of esters is 1. The van der Waals surface area contributed by atoms with Crippen molar-refractivity contribution < 1.29 is 9.53 Å². The average Bonchev–Trinajstić information content (AvgIpc) is 2.58. The lowest BCUT2D eigenvalue weighted by molar-refractivity contribution is -0.137. The summed E-state index contributed by atoms with van der Waals surface area (Å²) in [6.45, 7) is 3.77. The maximum atomic E-state index is 10.0. The normalized spacial score (nSPS) is 14.8. The molecule has 5 heteroatoms. The van der Waals surface area contributed by atoms with Crippen LogP contribution in [0.25, 0.3) is 0 Å². The molecule has 1 fully saturated rings. The Morgan fingerprint density at radius 3 is 2.15 bits per heavy atom. The van der Waals surface area contributed by atoms with Crippen LogP contribution in [0.4, 0.5) is 0 Å². The van der Waals surface area contributed by atoms with Crippen molar-refractivity contribution in [2.24, 2.45) is 11.5 Å². The second-order valence-electron chi connectivity index (χ2n) is 2.65. The Balaban J connectivity index is 0.000000223. The summed E-state index contributed by atoms with van der Waals surface area (Å²) in [5.41, 5.74) is 10.3. The van der Waals surface area contributed by atoms with Crippen molar-refractivity contribution in [2.75, 3.05) is 32.8 Å². The van der Waals surface area contributed by atoms with Gasteiger partial charge in [0.1, 0.15) is 0 Å². The standard InChI is InChI=1S/C4H13N3.C4H6O2/c5-1-3-7-4-2-6;5-4-2-1-3-6-4/h7H,1-6H2;1-3H2. The number of hydrogen-bond donors (Lipinski definition) is 3. The van der Waals surface area contributed by atoms with Gasteiger partial charge >= 0.3 is 5.97 Å². The number of nitrogens with two attached hydrogens (primary N) is 2. The first-order valence-corrected chi connectivity index (χ1v) is 4.57. The second kappa shape index (κ2) is 9.44. The zero-order valence-corrected chi connectivity index (χ0v) is 7.92. The Bertz CT molecular complexity index is 119. The molecular weight excluding hydrogens is 170 g/mol. The Morgan fingerprint density at radius 2 is 1.92 bits per heavy atom. The van der Waals surface area contributed by atoms with Gasteiger partial charge in [-0.15, -0.1) is 0 Å². The number of carbonyl (C=O) groups excluding carboxylic acids is 1. The molecule has 0 aromatic rings. The summed E-state index contributed by atoms with van der Waals surface area (Å²) in [4.78, 5) is 10.0. The summed E-state index contributed by atoms with van der Waals surface area (Å²) in [5, 5.41) is 3.03. The molecule has 0 unspecified atom stereocenters. The number of cyclic esters (lactones) is 1. The lowest BCUT2D eigenvalue weighted by atomic mass is 10.4. The minimum absolute atomic E-state index is 0.0463. The minimum atomic E-state index is -0.0463. The summed E-state index contributed by atoms with van der Waals surface area (Å²) in [6, 6.07) is 0. The van der Waals surface area contributed by atoms with Gasteiger partial charge in [-0.1, -0.05) is 0 Å². The SMILES string of the molecule is NCCNCCN.O=C1CCCO1. The summed E-state index contributed by atoms with van der Waals surface area (Å²) in [5.74, 6) is -0.0463. The highest BCUT2D eigenvalue weighted by molar-refractivity contribution is 5.70. The smallest absolute Gasteiger partial charge is 0.305 e. The number of nitrogens with one attached hydrogen (secondary N) is 1. The fraction of sp³-hybridized carbons (Fsp3) is 0.875. The van der Waals surface area contributed by atoms with Crippen molar-refractivity contribution in [3.8, 4) is 0 Å². The van der Waals surface area contributed by atoms with Gasteiger partial charge in [0.25, 0.3) is 0 Å². The van der Waals surface area contributed by atoms with E-state index in [2.05, 4.69) is 10.1 Å². The maximum absolute atomic E-state index is 10.0. The van der Waals surface area contributed by atoms with Crippen molar-refractivity contribution in [1.82, 2.24) is 5.32 Å². The summed E-state index contributed by atoms with van der Waals surface area (Å²) >= 11 is 0. The van der Waals surface area contributed by atoms with E-state index < -0.39 is 0 Å². The van der Waals surface area contributed by atoms with Gasteiger partial charge in [0.15, 0.2) is 0 Å². The predicted molar refractivity (Wildman–Crippen MR) is 51.2 cm³/mol. The molecule has 1 aliphatic rings. The van der Waals surface area contributed by atoms with Crippen LogP contribution < -0.4 is 16.8 Å². The zero-order valence-electron chi connectivity index (χ0n) is 7.92. The van der Waals surface area contributed by atoms with Crippen LogP contribution in [-0.2, 0) is 9.53 Å². The molecular formula is C8H19N3O2. The van der Waals surface area contributed by atoms with Crippen molar-refractivity contribution in [2.45, 2.75) is 12.8 Å². The number of rotatable bonds is 4. The minimum Gasteiger partial charge on any atom is -0.466 e. The molecule has 1 rings (SSSR count). The molecule has 0 spiro atoms. The largest absolute Gasteiger partial charge is 0.466 e. The molecule has 1 heterocycles. The van der Waals surface area contributed by atoms with Crippen LogP contribution in [0.1, 0.15) is 12.8 Å². The Kier molecular flexibility index (Phi) is 8.97. The van der Waals surface area contributed by atoms with Crippen molar-refractivity contribution in [3.05, 3.63) is 0 Å². The molecule has 0 aromatic carbocycles. The number of ether oxygens (including phenoxy) is 1. The van der Waals surface area contributed by atoms with Gasteiger partial charge < -0.3 is 21.5 Å². The molecule has 1 aliphatic heterocycles. The number of carbonyl (C=O) groups is 1. The molecule has 0 amide bonds. The highest BCUT2D eigenvalue weighted by Gasteiger charge is 2.08. The lowest BCUT2D eigenvalue weighted by Crippen LogP contribution is -2.27. The quantitative estimate of drug-likeness (QED) is 0.382. The third kappa shape index (κ3) is 9.26. The first-order chi connectivity index (χ1) is 6.31. The van der Waals surface area contributed by atoms with Crippen LogP contribution in [0.3, 0.4) is 0 Å². The number of hydrogen-bond acceptors (Lipinski definition) is 5. The Morgan fingerprint density at radius 1 is 1.31 bits per heavy atom. The van der Waals surface area contributed by atoms with Crippen LogP contribution >= 0.6 is 0 Å². The van der Waals surface area contributed by atoms with Gasteiger partial charge in [0.2, 0.25) is 0 Å². The fourth-order valence-corrected chi connectivity index (χ4v) is 0.804. The molecule has 0 saturated carbocycles. The van der Waals surface area contributed by atoms with E-state index in [0.29, 0.717) is 26.1 Å². The fourth-order valence-electron chi connectivity index (χ4n) is 0.804. The monoisotopic (exact) mass is 189 g/mol. The van der Waals surface area contributed by atoms with E-state index in [1.54, 1.807) is 0 Å². The van der Waals surface area contributed by atoms with Crippen LogP contribution in [0.5, 0.6) is 0 Å². The van der Waals surface area contributed by atoms with Crippen LogP contribution in [0, 0.1) is 0 Å². The van der Waals surface area contributed by atoms with E-state index in [9.17, 15) is 4.79 Å².